The molecular weight excluding hydrogens is 272 g/mol. The molecule has 1 spiro atoms. The molecule has 0 radical (unpaired) electrons. The van der Waals surface area contributed by atoms with Gasteiger partial charge in [-0.3, -0.25) is 0 Å². The molecule has 0 aromatic carbocycles. The fraction of sp³-hybridized carbons (Fsp3) is 1.00. The van der Waals surface area contributed by atoms with Crippen LogP contribution in [0.15, 0.2) is 0 Å². The largest absolute Gasteiger partial charge is 0.393 e. The van der Waals surface area contributed by atoms with Crippen LogP contribution >= 0.6 is 0 Å². The first-order valence-electron chi connectivity index (χ1n) is 9.59. The summed E-state index contributed by atoms with van der Waals surface area (Å²) in [4.78, 5) is 0. The van der Waals surface area contributed by atoms with Crippen molar-refractivity contribution >= 4 is 0 Å². The van der Waals surface area contributed by atoms with Gasteiger partial charge in [0.25, 0.3) is 0 Å². The third-order valence-corrected chi connectivity index (χ3v) is 8.89. The van der Waals surface area contributed by atoms with Crippen molar-refractivity contribution in [1.29, 1.82) is 0 Å². The van der Waals surface area contributed by atoms with Crippen LogP contribution in [0.1, 0.15) is 78.6 Å². The summed E-state index contributed by atoms with van der Waals surface area (Å²) >= 11 is 0. The second kappa shape index (κ2) is 4.51. The topological polar surface area (TPSA) is 40.5 Å². The Bertz CT molecular complexity index is 472. The fourth-order valence-corrected chi connectivity index (χ4v) is 8.13. The van der Waals surface area contributed by atoms with Crippen LogP contribution in [0.2, 0.25) is 0 Å². The van der Waals surface area contributed by atoms with Gasteiger partial charge < -0.3 is 10.2 Å². The highest BCUT2D eigenvalue weighted by Gasteiger charge is 2.66. The predicted octanol–water partition coefficient (Wildman–Crippen LogP) is 4.14. The molecule has 2 heteroatoms. The van der Waals surface area contributed by atoms with Gasteiger partial charge in [-0.25, -0.2) is 0 Å². The van der Waals surface area contributed by atoms with Crippen LogP contribution < -0.4 is 0 Å². The number of aliphatic hydroxyl groups is 2. The minimum absolute atomic E-state index is 0.0300. The zero-order chi connectivity index (χ0) is 15.8. The molecule has 6 atom stereocenters. The van der Waals surface area contributed by atoms with E-state index >= 15 is 0 Å². The number of fused-ring (bicyclic) bond motifs is 3. The van der Waals surface area contributed by atoms with E-state index in [1.165, 1.54) is 44.9 Å². The zero-order valence-corrected chi connectivity index (χ0v) is 14.7. The lowest BCUT2D eigenvalue weighted by Gasteiger charge is -2.64. The summed E-state index contributed by atoms with van der Waals surface area (Å²) in [7, 11) is 0. The van der Waals surface area contributed by atoms with Crippen LogP contribution in [0.5, 0.6) is 0 Å². The van der Waals surface area contributed by atoms with Gasteiger partial charge in [-0.1, -0.05) is 27.2 Å². The molecule has 0 saturated heterocycles. The molecule has 22 heavy (non-hydrogen) atoms. The van der Waals surface area contributed by atoms with E-state index in [4.69, 9.17) is 0 Å². The molecule has 4 fully saturated rings. The summed E-state index contributed by atoms with van der Waals surface area (Å²) in [5, 5.41) is 20.7. The Labute approximate surface area is 135 Å². The Morgan fingerprint density at radius 1 is 0.955 bits per heavy atom. The lowest BCUT2D eigenvalue weighted by atomic mass is 9.41. The first-order valence-corrected chi connectivity index (χ1v) is 9.59. The summed E-state index contributed by atoms with van der Waals surface area (Å²) in [6, 6.07) is 0. The zero-order valence-electron chi connectivity index (χ0n) is 14.7. The van der Waals surface area contributed by atoms with Crippen molar-refractivity contribution < 1.29 is 10.2 Å². The molecule has 2 nitrogen and oxygen atoms in total. The van der Waals surface area contributed by atoms with E-state index in [1.807, 2.05) is 0 Å². The van der Waals surface area contributed by atoms with E-state index in [9.17, 15) is 10.2 Å². The van der Waals surface area contributed by atoms with Gasteiger partial charge in [0.1, 0.15) is 0 Å². The highest BCUT2D eigenvalue weighted by Crippen LogP contribution is 2.72. The van der Waals surface area contributed by atoms with Gasteiger partial charge in [0, 0.05) is 0 Å². The first-order chi connectivity index (χ1) is 10.3. The lowest BCUT2D eigenvalue weighted by molar-refractivity contribution is -0.145. The van der Waals surface area contributed by atoms with Crippen LogP contribution in [-0.4, -0.2) is 22.4 Å². The van der Waals surface area contributed by atoms with Gasteiger partial charge in [0.05, 0.1) is 12.2 Å². The summed E-state index contributed by atoms with van der Waals surface area (Å²) < 4.78 is 0. The Kier molecular flexibility index (Phi) is 3.16. The average molecular weight is 306 g/mol. The van der Waals surface area contributed by atoms with Crippen LogP contribution in [0.3, 0.4) is 0 Å². The molecule has 2 N–H and O–H groups in total. The second-order valence-electron chi connectivity index (χ2n) is 10.3. The molecule has 0 aromatic heterocycles. The average Bonchev–Trinajstić information content (AvgIpc) is 2.65. The highest BCUT2D eigenvalue weighted by atomic mass is 16.3. The molecule has 0 aromatic rings. The third kappa shape index (κ3) is 1.80. The van der Waals surface area contributed by atoms with E-state index in [-0.39, 0.29) is 6.61 Å². The number of rotatable bonds is 1. The van der Waals surface area contributed by atoms with Gasteiger partial charge in [0.15, 0.2) is 0 Å². The quantitative estimate of drug-likeness (QED) is 0.764. The van der Waals surface area contributed by atoms with Crippen LogP contribution in [-0.2, 0) is 0 Å². The first kappa shape index (κ1) is 15.4. The maximum absolute atomic E-state index is 10.9. The fourth-order valence-electron chi connectivity index (χ4n) is 8.13. The Morgan fingerprint density at radius 2 is 1.73 bits per heavy atom. The second-order valence-corrected chi connectivity index (χ2v) is 10.3. The van der Waals surface area contributed by atoms with Crippen LogP contribution in [0, 0.1) is 34.0 Å². The lowest BCUT2D eigenvalue weighted by Crippen LogP contribution is -2.55. The smallest absolute Gasteiger partial charge is 0.0910 e. The van der Waals surface area contributed by atoms with E-state index < -0.39 is 5.60 Å². The molecular formula is C20H34O2. The monoisotopic (exact) mass is 306 g/mol. The van der Waals surface area contributed by atoms with E-state index in [1.54, 1.807) is 0 Å². The number of hydrogen-bond acceptors (Lipinski definition) is 2. The summed E-state index contributed by atoms with van der Waals surface area (Å²) in [6.45, 7) is 7.55. The molecule has 0 heterocycles. The molecule has 0 aliphatic heterocycles. The summed E-state index contributed by atoms with van der Waals surface area (Å²) in [5.74, 6) is 1.98. The summed E-state index contributed by atoms with van der Waals surface area (Å²) in [5.41, 5.74) is 0.504. The van der Waals surface area contributed by atoms with Crippen molar-refractivity contribution in [3.63, 3.8) is 0 Å². The van der Waals surface area contributed by atoms with E-state index in [2.05, 4.69) is 20.8 Å². The molecule has 0 unspecified atom stereocenters. The number of hydrogen-bond donors (Lipinski definition) is 2. The Hall–Kier alpha value is -0.0800. The maximum atomic E-state index is 10.9. The van der Waals surface area contributed by atoms with Gasteiger partial charge in [-0.05, 0) is 85.4 Å². The molecule has 4 aliphatic rings. The van der Waals surface area contributed by atoms with Crippen molar-refractivity contribution in [2.24, 2.45) is 34.0 Å². The van der Waals surface area contributed by atoms with E-state index in [0.717, 1.165) is 24.7 Å². The molecule has 4 aliphatic carbocycles. The summed E-state index contributed by atoms with van der Waals surface area (Å²) in [6.07, 6.45) is 11.2. The van der Waals surface area contributed by atoms with Crippen molar-refractivity contribution in [1.82, 2.24) is 0 Å². The van der Waals surface area contributed by atoms with E-state index in [0.29, 0.717) is 22.2 Å². The van der Waals surface area contributed by atoms with Crippen molar-refractivity contribution in [3.8, 4) is 0 Å². The van der Waals surface area contributed by atoms with Crippen molar-refractivity contribution in [3.05, 3.63) is 0 Å². The molecule has 2 bridgehead atoms. The Morgan fingerprint density at radius 3 is 2.45 bits per heavy atom. The van der Waals surface area contributed by atoms with Crippen molar-refractivity contribution in [2.45, 2.75) is 84.2 Å². The third-order valence-electron chi connectivity index (χ3n) is 8.89. The SMILES string of the molecule is CC1(C)CCC[C@]2(C)[C@@H]1CC[C@@]13C[C@@H](CC[C@H]12)[C@](O)(CO)C3. The molecule has 4 rings (SSSR count). The Balaban J connectivity index is 1.72. The predicted molar refractivity (Wildman–Crippen MR) is 88.4 cm³/mol. The normalized spacial score (nSPS) is 56.3. The molecule has 126 valence electrons. The van der Waals surface area contributed by atoms with Crippen molar-refractivity contribution in [2.75, 3.05) is 6.61 Å². The molecule has 4 saturated carbocycles. The van der Waals surface area contributed by atoms with Gasteiger partial charge in [-0.15, -0.1) is 0 Å². The van der Waals surface area contributed by atoms with Gasteiger partial charge in [0.2, 0.25) is 0 Å². The number of aliphatic hydroxyl groups excluding tert-OH is 1. The molecule has 0 amide bonds. The van der Waals surface area contributed by atoms with Crippen LogP contribution in [0.4, 0.5) is 0 Å². The minimum atomic E-state index is -0.776. The highest BCUT2D eigenvalue weighted by molar-refractivity contribution is 5.16. The van der Waals surface area contributed by atoms with Gasteiger partial charge in [-0.2, -0.15) is 0 Å². The standard InChI is InChI=1S/C20H34O2/c1-17(2)8-4-9-18(3)15(17)7-10-19-11-14(5-6-16(18)19)20(22,12-19)13-21/h14-16,21-22H,4-13H2,1-3H3/t14-,15-,16+,18-,19+,20-/m1/s1. The van der Waals surface area contributed by atoms with Crippen LogP contribution in [0.25, 0.3) is 0 Å². The maximum Gasteiger partial charge on any atom is 0.0910 e. The minimum Gasteiger partial charge on any atom is -0.393 e. The van der Waals surface area contributed by atoms with Gasteiger partial charge >= 0.3 is 0 Å².